The molecule has 2 amide bonds. The van der Waals surface area contributed by atoms with E-state index < -0.39 is 5.54 Å². The Bertz CT molecular complexity index is 704. The maximum atomic E-state index is 12.1. The Morgan fingerprint density at radius 2 is 2.15 bits per heavy atom. The lowest BCUT2D eigenvalue weighted by atomic mass is 9.64. The van der Waals surface area contributed by atoms with E-state index in [4.69, 9.17) is 0 Å². The quantitative estimate of drug-likeness (QED) is 0.738. The van der Waals surface area contributed by atoms with Crippen LogP contribution in [0.3, 0.4) is 0 Å². The maximum Gasteiger partial charge on any atom is 0.254 e. The molecule has 5 rings (SSSR count). The van der Waals surface area contributed by atoms with Gasteiger partial charge in [-0.05, 0) is 12.8 Å². The highest BCUT2D eigenvalue weighted by molar-refractivity contribution is 6.05. The Hall–Kier alpha value is -2.64. The second kappa shape index (κ2) is 3.69. The fraction of sp³-hybridized carbons (Fsp3) is 0.333. The molecule has 8 nitrogen and oxygen atoms in total. The first kappa shape index (κ1) is 11.2. The van der Waals surface area contributed by atoms with Gasteiger partial charge in [0.2, 0.25) is 5.91 Å². The van der Waals surface area contributed by atoms with Gasteiger partial charge in [-0.3, -0.25) is 19.6 Å². The van der Waals surface area contributed by atoms with E-state index in [-0.39, 0.29) is 17.7 Å². The van der Waals surface area contributed by atoms with Gasteiger partial charge in [-0.15, -0.1) is 10.2 Å². The van der Waals surface area contributed by atoms with Crippen LogP contribution in [-0.4, -0.2) is 36.8 Å². The molecule has 1 N–H and O–H groups in total. The number of nitrogens with zero attached hydrogens (tertiary/aromatic N) is 5. The minimum absolute atomic E-state index is 0.0847. The lowest BCUT2D eigenvalue weighted by Crippen LogP contribution is -2.67. The molecule has 8 heteroatoms. The number of carbonyl (C=O) groups excluding carboxylic acids is 2. The van der Waals surface area contributed by atoms with Gasteiger partial charge in [0.25, 0.3) is 5.91 Å². The summed E-state index contributed by atoms with van der Waals surface area (Å²) in [4.78, 5) is 27.4. The van der Waals surface area contributed by atoms with Gasteiger partial charge in [0.05, 0.1) is 12.4 Å². The SMILES string of the molecule is O=C1NC(=O)C2(n3cc(-c4cncnn4)cn3)CC1C2. The molecule has 2 aliphatic heterocycles. The zero-order valence-electron chi connectivity index (χ0n) is 10.4. The number of amides is 2. The Kier molecular flexibility index (Phi) is 2.07. The summed E-state index contributed by atoms with van der Waals surface area (Å²) in [6.07, 6.45) is 7.33. The van der Waals surface area contributed by atoms with Crippen molar-refractivity contribution in [3.05, 3.63) is 24.9 Å². The van der Waals surface area contributed by atoms with Crippen LogP contribution in [0.15, 0.2) is 24.9 Å². The van der Waals surface area contributed by atoms with Crippen molar-refractivity contribution < 1.29 is 9.59 Å². The van der Waals surface area contributed by atoms with Crippen LogP contribution in [0.25, 0.3) is 11.3 Å². The van der Waals surface area contributed by atoms with E-state index in [1.165, 1.54) is 6.33 Å². The Labute approximate surface area is 113 Å². The molecule has 4 heterocycles. The van der Waals surface area contributed by atoms with E-state index in [2.05, 4.69) is 25.6 Å². The molecule has 0 radical (unpaired) electrons. The molecule has 2 saturated heterocycles. The van der Waals surface area contributed by atoms with Gasteiger partial charge < -0.3 is 0 Å². The second-order valence-electron chi connectivity index (χ2n) is 5.12. The first-order valence-electron chi connectivity index (χ1n) is 6.22. The minimum atomic E-state index is -0.730. The van der Waals surface area contributed by atoms with Crippen LogP contribution >= 0.6 is 0 Å². The molecule has 20 heavy (non-hydrogen) atoms. The number of fused-ring (bicyclic) bond motifs is 2. The lowest BCUT2D eigenvalue weighted by Gasteiger charge is -2.49. The van der Waals surface area contributed by atoms with Crippen LogP contribution in [0.5, 0.6) is 0 Å². The molecule has 1 aliphatic carbocycles. The number of carbonyl (C=O) groups is 2. The monoisotopic (exact) mass is 270 g/mol. The fourth-order valence-electron chi connectivity index (χ4n) is 2.82. The maximum absolute atomic E-state index is 12.1. The highest BCUT2D eigenvalue weighted by atomic mass is 16.2. The predicted molar refractivity (Wildman–Crippen MR) is 64.9 cm³/mol. The lowest BCUT2D eigenvalue weighted by molar-refractivity contribution is -0.157. The second-order valence-corrected chi connectivity index (χ2v) is 5.12. The average Bonchev–Trinajstić information content (AvgIpc) is 2.88. The standard InChI is InChI=1S/C12H10N6O2/c19-10-7-1-12(2-7,11(20)16-10)18-5-8(3-15-18)9-4-13-6-14-17-9/h3-7H,1-2H2,(H,16,19,20). The summed E-state index contributed by atoms with van der Waals surface area (Å²) in [6.45, 7) is 0. The van der Waals surface area contributed by atoms with Crippen LogP contribution in [0, 0.1) is 5.92 Å². The van der Waals surface area contributed by atoms with Crippen LogP contribution in [-0.2, 0) is 15.1 Å². The van der Waals surface area contributed by atoms with Crippen molar-refractivity contribution in [1.29, 1.82) is 0 Å². The summed E-state index contributed by atoms with van der Waals surface area (Å²) < 4.78 is 1.62. The zero-order valence-corrected chi connectivity index (χ0v) is 10.4. The summed E-state index contributed by atoms with van der Waals surface area (Å²) in [5, 5.41) is 14.3. The van der Waals surface area contributed by atoms with E-state index in [9.17, 15) is 9.59 Å². The van der Waals surface area contributed by atoms with Crippen molar-refractivity contribution in [3.63, 3.8) is 0 Å². The summed E-state index contributed by atoms with van der Waals surface area (Å²) in [6, 6.07) is 0. The van der Waals surface area contributed by atoms with E-state index in [0.29, 0.717) is 18.5 Å². The third-order valence-corrected chi connectivity index (χ3v) is 4.00. The normalized spacial score (nSPS) is 27.9. The van der Waals surface area contributed by atoms with E-state index in [1.807, 2.05) is 0 Å². The van der Waals surface area contributed by atoms with Crippen molar-refractivity contribution in [2.24, 2.45) is 5.92 Å². The van der Waals surface area contributed by atoms with Gasteiger partial charge in [0.1, 0.15) is 17.6 Å². The van der Waals surface area contributed by atoms with Crippen LogP contribution in [0.4, 0.5) is 0 Å². The Morgan fingerprint density at radius 3 is 2.85 bits per heavy atom. The fourth-order valence-corrected chi connectivity index (χ4v) is 2.82. The third-order valence-electron chi connectivity index (χ3n) is 4.00. The highest BCUT2D eigenvalue weighted by Crippen LogP contribution is 2.47. The van der Waals surface area contributed by atoms with Gasteiger partial charge in [-0.1, -0.05) is 0 Å². The summed E-state index contributed by atoms with van der Waals surface area (Å²) >= 11 is 0. The first-order valence-corrected chi connectivity index (χ1v) is 6.22. The highest BCUT2D eigenvalue weighted by Gasteiger charge is 2.59. The predicted octanol–water partition coefficient (Wildman–Crippen LogP) is -0.503. The van der Waals surface area contributed by atoms with Crippen LogP contribution < -0.4 is 5.32 Å². The number of hydrogen-bond donors (Lipinski definition) is 1. The van der Waals surface area contributed by atoms with Crippen molar-refractivity contribution in [2.75, 3.05) is 0 Å². The van der Waals surface area contributed by atoms with Gasteiger partial charge in [-0.25, -0.2) is 4.98 Å². The molecule has 2 aromatic rings. The van der Waals surface area contributed by atoms with Gasteiger partial charge in [0.15, 0.2) is 0 Å². The molecule has 0 unspecified atom stereocenters. The zero-order chi connectivity index (χ0) is 13.7. The molecule has 0 spiro atoms. The summed E-state index contributed by atoms with van der Waals surface area (Å²) in [5.41, 5.74) is 0.610. The molecular formula is C12H10N6O2. The molecule has 0 atom stereocenters. The molecule has 1 saturated carbocycles. The third kappa shape index (κ3) is 1.35. The largest absolute Gasteiger partial charge is 0.294 e. The molecular weight excluding hydrogens is 260 g/mol. The molecule has 100 valence electrons. The van der Waals surface area contributed by atoms with Gasteiger partial charge >= 0.3 is 0 Å². The number of piperidine rings is 2. The van der Waals surface area contributed by atoms with Crippen molar-refractivity contribution in [3.8, 4) is 11.3 Å². The number of nitrogens with one attached hydrogen (secondary N) is 1. The van der Waals surface area contributed by atoms with Crippen LogP contribution in [0.2, 0.25) is 0 Å². The molecule has 0 aromatic carbocycles. The van der Waals surface area contributed by atoms with Crippen molar-refractivity contribution >= 4 is 11.8 Å². The van der Waals surface area contributed by atoms with Crippen LogP contribution in [0.1, 0.15) is 12.8 Å². The average molecular weight is 270 g/mol. The molecule has 2 bridgehead atoms. The molecule has 3 fully saturated rings. The van der Waals surface area contributed by atoms with Gasteiger partial charge in [0, 0.05) is 17.7 Å². The smallest absolute Gasteiger partial charge is 0.254 e. The topological polar surface area (TPSA) is 103 Å². The van der Waals surface area contributed by atoms with Crippen molar-refractivity contribution in [2.45, 2.75) is 18.4 Å². The Morgan fingerprint density at radius 1 is 1.30 bits per heavy atom. The van der Waals surface area contributed by atoms with Gasteiger partial charge in [-0.2, -0.15) is 5.10 Å². The summed E-state index contributed by atoms with van der Waals surface area (Å²) in [7, 11) is 0. The van der Waals surface area contributed by atoms with E-state index in [1.54, 1.807) is 23.3 Å². The molecule has 3 aliphatic rings. The number of hydrogen-bond acceptors (Lipinski definition) is 6. The summed E-state index contributed by atoms with van der Waals surface area (Å²) in [5.74, 6) is -0.544. The number of rotatable bonds is 2. The van der Waals surface area contributed by atoms with E-state index in [0.717, 1.165) is 5.56 Å². The first-order chi connectivity index (χ1) is 9.69. The van der Waals surface area contributed by atoms with Crippen molar-refractivity contribution in [1.82, 2.24) is 30.3 Å². The number of aromatic nitrogens is 5. The Balaban J connectivity index is 1.70. The number of imide groups is 1. The molecule has 2 aromatic heterocycles. The van der Waals surface area contributed by atoms with E-state index >= 15 is 0 Å². The minimum Gasteiger partial charge on any atom is -0.294 e.